The summed E-state index contributed by atoms with van der Waals surface area (Å²) in [5.41, 5.74) is 0.989. The molecule has 1 aliphatic rings. The monoisotopic (exact) mass is 413 g/mol. The summed E-state index contributed by atoms with van der Waals surface area (Å²) in [6.45, 7) is 0. The van der Waals surface area contributed by atoms with Crippen molar-refractivity contribution in [3.8, 4) is 11.4 Å². The van der Waals surface area contributed by atoms with Crippen LogP contribution in [0.5, 0.6) is 5.75 Å². The number of rotatable bonds is 4. The van der Waals surface area contributed by atoms with Gasteiger partial charge in [-0.3, -0.25) is 14.2 Å². The van der Waals surface area contributed by atoms with Gasteiger partial charge in [0, 0.05) is 11.6 Å². The molecule has 1 aromatic heterocycles. The SMILES string of the molecule is COc1ccccc1-n1cnc2cc(C(=O)N[C@@H]3CCS(=O)(=O)C3)ccc2c1=O. The van der Waals surface area contributed by atoms with Crippen LogP contribution >= 0.6 is 0 Å². The number of fused-ring (bicyclic) bond motifs is 1. The molecule has 0 unspecified atom stereocenters. The van der Waals surface area contributed by atoms with Gasteiger partial charge in [-0.25, -0.2) is 13.4 Å². The van der Waals surface area contributed by atoms with Crippen LogP contribution < -0.4 is 15.6 Å². The third-order valence-electron chi connectivity index (χ3n) is 4.93. The van der Waals surface area contributed by atoms with E-state index in [1.807, 2.05) is 6.07 Å². The van der Waals surface area contributed by atoms with Crippen molar-refractivity contribution in [1.29, 1.82) is 0 Å². The van der Waals surface area contributed by atoms with Crippen molar-refractivity contribution in [2.75, 3.05) is 18.6 Å². The Morgan fingerprint density at radius 1 is 1.24 bits per heavy atom. The molecule has 2 heterocycles. The average molecular weight is 413 g/mol. The first kappa shape index (κ1) is 19.1. The smallest absolute Gasteiger partial charge is 0.265 e. The molecule has 2 aromatic carbocycles. The molecule has 1 aliphatic heterocycles. The fraction of sp³-hybridized carbons (Fsp3) is 0.250. The van der Waals surface area contributed by atoms with Gasteiger partial charge in [0.2, 0.25) is 0 Å². The van der Waals surface area contributed by atoms with Crippen molar-refractivity contribution >= 4 is 26.6 Å². The molecule has 1 saturated heterocycles. The first-order valence-electron chi connectivity index (χ1n) is 9.04. The summed E-state index contributed by atoms with van der Waals surface area (Å²) < 4.78 is 29.8. The third kappa shape index (κ3) is 3.73. The minimum Gasteiger partial charge on any atom is -0.495 e. The molecule has 0 spiro atoms. The van der Waals surface area contributed by atoms with Crippen molar-refractivity contribution in [2.45, 2.75) is 12.5 Å². The van der Waals surface area contributed by atoms with Gasteiger partial charge in [0.25, 0.3) is 11.5 Å². The van der Waals surface area contributed by atoms with E-state index in [0.717, 1.165) is 0 Å². The maximum Gasteiger partial charge on any atom is 0.265 e. The number of sulfone groups is 1. The van der Waals surface area contributed by atoms with Crippen LogP contribution in [0.3, 0.4) is 0 Å². The van der Waals surface area contributed by atoms with Gasteiger partial charge in [-0.15, -0.1) is 0 Å². The molecule has 0 aliphatic carbocycles. The number of nitrogens with one attached hydrogen (secondary N) is 1. The number of carbonyl (C=O) groups excluding carboxylic acids is 1. The van der Waals surface area contributed by atoms with Crippen molar-refractivity contribution in [3.05, 3.63) is 64.7 Å². The van der Waals surface area contributed by atoms with E-state index in [2.05, 4.69) is 10.3 Å². The van der Waals surface area contributed by atoms with Crippen LogP contribution in [-0.2, 0) is 9.84 Å². The second-order valence-corrected chi connectivity index (χ2v) is 9.13. The summed E-state index contributed by atoms with van der Waals surface area (Å²) in [7, 11) is -1.56. The van der Waals surface area contributed by atoms with E-state index in [-0.39, 0.29) is 23.0 Å². The standard InChI is InChI=1S/C20H19N3O5S/c1-28-18-5-3-2-4-17(18)23-12-21-16-10-13(6-7-15(16)20(23)25)19(24)22-14-8-9-29(26,27)11-14/h2-7,10,12,14H,8-9,11H2,1H3,(H,22,24)/t14-/m1/s1. The molecule has 8 nitrogen and oxygen atoms in total. The fourth-order valence-corrected chi connectivity index (χ4v) is 5.11. The van der Waals surface area contributed by atoms with Crippen LogP contribution in [0.1, 0.15) is 16.8 Å². The summed E-state index contributed by atoms with van der Waals surface area (Å²) in [5.74, 6) is 0.191. The lowest BCUT2D eigenvalue weighted by atomic mass is 10.1. The van der Waals surface area contributed by atoms with Gasteiger partial charge >= 0.3 is 0 Å². The van der Waals surface area contributed by atoms with Crippen molar-refractivity contribution in [3.63, 3.8) is 0 Å². The molecule has 0 bridgehead atoms. The molecular weight excluding hydrogens is 394 g/mol. The van der Waals surface area contributed by atoms with Gasteiger partial charge in [0.05, 0.1) is 35.2 Å². The molecule has 0 radical (unpaired) electrons. The van der Waals surface area contributed by atoms with Gasteiger partial charge in [0.1, 0.15) is 12.1 Å². The zero-order valence-corrected chi connectivity index (χ0v) is 16.5. The number of methoxy groups -OCH3 is 1. The molecule has 29 heavy (non-hydrogen) atoms. The van der Waals surface area contributed by atoms with Crippen LogP contribution in [-0.4, -0.2) is 48.5 Å². The highest BCUT2D eigenvalue weighted by atomic mass is 32.2. The Hall–Kier alpha value is -3.20. The van der Waals surface area contributed by atoms with Gasteiger partial charge in [-0.05, 0) is 36.8 Å². The van der Waals surface area contributed by atoms with Crippen molar-refractivity contribution in [2.24, 2.45) is 0 Å². The number of amides is 1. The van der Waals surface area contributed by atoms with Gasteiger partial charge in [-0.2, -0.15) is 0 Å². The number of carbonyl (C=O) groups is 1. The highest BCUT2D eigenvalue weighted by Crippen LogP contribution is 2.21. The lowest BCUT2D eigenvalue weighted by Crippen LogP contribution is -2.35. The van der Waals surface area contributed by atoms with Gasteiger partial charge in [0.15, 0.2) is 9.84 Å². The third-order valence-corrected chi connectivity index (χ3v) is 6.70. The zero-order valence-electron chi connectivity index (χ0n) is 15.7. The fourth-order valence-electron chi connectivity index (χ4n) is 3.44. The second kappa shape index (κ2) is 7.32. The summed E-state index contributed by atoms with van der Waals surface area (Å²) in [5, 5.41) is 3.10. The molecule has 1 fully saturated rings. The zero-order chi connectivity index (χ0) is 20.6. The largest absolute Gasteiger partial charge is 0.495 e. The van der Waals surface area contributed by atoms with E-state index in [9.17, 15) is 18.0 Å². The van der Waals surface area contributed by atoms with Crippen LogP contribution in [0.4, 0.5) is 0 Å². The minimum absolute atomic E-state index is 0.0474. The first-order valence-corrected chi connectivity index (χ1v) is 10.9. The number of aromatic nitrogens is 2. The Morgan fingerprint density at radius 3 is 2.76 bits per heavy atom. The molecule has 9 heteroatoms. The van der Waals surface area contributed by atoms with Crippen LogP contribution in [0.2, 0.25) is 0 Å². The lowest BCUT2D eigenvalue weighted by Gasteiger charge is -2.12. The molecule has 3 aromatic rings. The molecule has 4 rings (SSSR count). The second-order valence-electron chi connectivity index (χ2n) is 6.90. The van der Waals surface area contributed by atoms with E-state index in [0.29, 0.717) is 34.3 Å². The molecule has 150 valence electrons. The van der Waals surface area contributed by atoms with E-state index in [1.54, 1.807) is 24.3 Å². The normalized spacial score (nSPS) is 17.9. The summed E-state index contributed by atoms with van der Waals surface area (Å²) in [4.78, 5) is 29.7. The minimum atomic E-state index is -3.08. The maximum absolute atomic E-state index is 12.9. The molecule has 0 saturated carbocycles. The van der Waals surface area contributed by atoms with Crippen LogP contribution in [0.15, 0.2) is 53.6 Å². The van der Waals surface area contributed by atoms with E-state index < -0.39 is 15.9 Å². The molecular formula is C20H19N3O5S. The Morgan fingerprint density at radius 2 is 2.03 bits per heavy atom. The molecule has 1 N–H and O–H groups in total. The van der Waals surface area contributed by atoms with E-state index in [4.69, 9.17) is 4.74 Å². The number of hydrogen-bond acceptors (Lipinski definition) is 6. The summed E-state index contributed by atoms with van der Waals surface area (Å²) >= 11 is 0. The Kier molecular flexibility index (Phi) is 4.83. The Balaban J connectivity index is 1.66. The topological polar surface area (TPSA) is 107 Å². The predicted octanol–water partition coefficient (Wildman–Crippen LogP) is 1.31. The number of nitrogens with zero attached hydrogens (tertiary/aromatic N) is 2. The van der Waals surface area contributed by atoms with Crippen LogP contribution in [0, 0.1) is 0 Å². The highest BCUT2D eigenvalue weighted by Gasteiger charge is 2.29. The Labute approximate surface area is 167 Å². The maximum atomic E-state index is 12.9. The number of hydrogen-bond donors (Lipinski definition) is 1. The van der Waals surface area contributed by atoms with E-state index >= 15 is 0 Å². The summed E-state index contributed by atoms with van der Waals surface area (Å²) in [6, 6.07) is 11.3. The molecule has 1 atom stereocenters. The quantitative estimate of drug-likeness (QED) is 0.691. The molecule has 1 amide bonds. The number of benzene rings is 2. The summed E-state index contributed by atoms with van der Waals surface area (Å²) in [6.07, 6.45) is 1.80. The van der Waals surface area contributed by atoms with Gasteiger partial charge in [-0.1, -0.05) is 12.1 Å². The van der Waals surface area contributed by atoms with Crippen molar-refractivity contribution < 1.29 is 17.9 Å². The van der Waals surface area contributed by atoms with Gasteiger partial charge < -0.3 is 10.1 Å². The number of ether oxygens (including phenoxy) is 1. The Bertz CT molecular complexity index is 1270. The number of para-hydroxylation sites is 2. The van der Waals surface area contributed by atoms with E-state index in [1.165, 1.54) is 30.1 Å². The predicted molar refractivity (Wildman–Crippen MR) is 108 cm³/mol. The first-order chi connectivity index (χ1) is 13.9. The highest BCUT2D eigenvalue weighted by molar-refractivity contribution is 7.91. The van der Waals surface area contributed by atoms with Crippen LogP contribution in [0.25, 0.3) is 16.6 Å². The average Bonchev–Trinajstić information content (AvgIpc) is 3.06. The van der Waals surface area contributed by atoms with Crippen molar-refractivity contribution in [1.82, 2.24) is 14.9 Å². The lowest BCUT2D eigenvalue weighted by molar-refractivity contribution is 0.0941.